The number of nitrogens with zero attached hydrogens (tertiary/aromatic N) is 2. The summed E-state index contributed by atoms with van der Waals surface area (Å²) in [6.07, 6.45) is -1.30. The fraction of sp³-hybridized carbons (Fsp3) is 0.167. The van der Waals surface area contributed by atoms with E-state index in [2.05, 4.69) is 14.9 Å². The first-order valence-electron chi connectivity index (χ1n) is 6.43. The highest BCUT2D eigenvalue weighted by molar-refractivity contribution is 7.46. The number of nitrogens with one attached hydrogen (secondary N) is 1. The fourth-order valence-corrected chi connectivity index (χ4v) is 2.97. The molecule has 1 amide bonds. The molecule has 0 aliphatic carbocycles. The van der Waals surface area contributed by atoms with Crippen molar-refractivity contribution < 1.29 is 28.1 Å². The molecule has 1 atom stereocenters. The third-order valence-corrected chi connectivity index (χ3v) is 4.54. The first-order valence-corrected chi connectivity index (χ1v) is 9.10. The number of amides is 1. The Labute approximate surface area is 155 Å². The molecule has 2 aromatic rings. The van der Waals surface area contributed by atoms with Gasteiger partial charge in [0.1, 0.15) is 16.0 Å². The number of halogens is 4. The van der Waals surface area contributed by atoms with Crippen LogP contribution in [0.1, 0.15) is 23.6 Å². The van der Waals surface area contributed by atoms with Crippen LogP contribution < -0.4 is 5.32 Å². The SMILES string of the molecule is CC(OP(=O)(O)O)n1nc(C(=O)Nc2ccc(F)cc2Cl)c(Cl)c1Cl. The molecule has 1 aromatic carbocycles. The van der Waals surface area contributed by atoms with Gasteiger partial charge in [0.2, 0.25) is 0 Å². The summed E-state index contributed by atoms with van der Waals surface area (Å²) in [5, 5.41) is 5.58. The average Bonchev–Trinajstić information content (AvgIpc) is 2.77. The van der Waals surface area contributed by atoms with E-state index in [1.807, 2.05) is 0 Å². The highest BCUT2D eigenvalue weighted by Gasteiger charge is 2.27. The molecular weight excluding hydrogens is 422 g/mol. The number of anilines is 1. The number of benzene rings is 1. The zero-order chi connectivity index (χ0) is 18.9. The molecular formula is C12H10Cl3FN3O5P. The Hall–Kier alpha value is -1.19. The zero-order valence-corrected chi connectivity index (χ0v) is 15.4. The smallest absolute Gasteiger partial charge is 0.319 e. The number of carbonyl (C=O) groups is 1. The lowest BCUT2D eigenvalue weighted by atomic mass is 10.3. The number of rotatable bonds is 5. The van der Waals surface area contributed by atoms with Crippen LogP contribution >= 0.6 is 42.6 Å². The number of hydrogen-bond acceptors (Lipinski definition) is 4. The molecule has 0 spiro atoms. The number of phosphoric ester groups is 1. The number of aromatic nitrogens is 2. The molecule has 25 heavy (non-hydrogen) atoms. The molecule has 136 valence electrons. The van der Waals surface area contributed by atoms with E-state index in [9.17, 15) is 13.8 Å². The highest BCUT2D eigenvalue weighted by Crippen LogP contribution is 2.41. The number of phosphoric acid groups is 1. The molecule has 13 heteroatoms. The Balaban J connectivity index is 2.29. The zero-order valence-electron chi connectivity index (χ0n) is 12.3. The van der Waals surface area contributed by atoms with Crippen LogP contribution in [0.4, 0.5) is 10.1 Å². The molecule has 0 saturated heterocycles. The molecule has 2 rings (SSSR count). The van der Waals surface area contributed by atoms with E-state index in [1.54, 1.807) is 0 Å². The lowest BCUT2D eigenvalue weighted by Crippen LogP contribution is -2.15. The molecule has 1 heterocycles. The summed E-state index contributed by atoms with van der Waals surface area (Å²) in [6.45, 7) is 1.24. The van der Waals surface area contributed by atoms with Crippen LogP contribution in [0.15, 0.2) is 18.2 Å². The van der Waals surface area contributed by atoms with E-state index in [4.69, 9.17) is 44.6 Å². The molecule has 0 aliphatic heterocycles. The van der Waals surface area contributed by atoms with Crippen molar-refractivity contribution in [3.63, 3.8) is 0 Å². The Morgan fingerprint density at radius 2 is 2.04 bits per heavy atom. The topological polar surface area (TPSA) is 114 Å². The van der Waals surface area contributed by atoms with Crippen LogP contribution in [0.2, 0.25) is 15.2 Å². The van der Waals surface area contributed by atoms with E-state index in [1.165, 1.54) is 13.0 Å². The highest BCUT2D eigenvalue weighted by atomic mass is 35.5. The van der Waals surface area contributed by atoms with Gasteiger partial charge in [0.05, 0.1) is 10.7 Å². The number of carbonyl (C=O) groups excluding carboxylic acids is 1. The van der Waals surface area contributed by atoms with Gasteiger partial charge in [-0.05, 0) is 25.1 Å². The van der Waals surface area contributed by atoms with E-state index < -0.39 is 25.8 Å². The minimum absolute atomic E-state index is 0.0480. The van der Waals surface area contributed by atoms with Crippen LogP contribution in [-0.4, -0.2) is 25.5 Å². The molecule has 1 aromatic heterocycles. The van der Waals surface area contributed by atoms with Gasteiger partial charge < -0.3 is 15.1 Å². The van der Waals surface area contributed by atoms with Crippen LogP contribution in [0.3, 0.4) is 0 Å². The molecule has 0 fully saturated rings. The van der Waals surface area contributed by atoms with Crippen molar-refractivity contribution in [3.8, 4) is 0 Å². The summed E-state index contributed by atoms with van der Waals surface area (Å²) in [7, 11) is -4.82. The maximum Gasteiger partial charge on any atom is 0.471 e. The van der Waals surface area contributed by atoms with Crippen molar-refractivity contribution in [2.75, 3.05) is 5.32 Å². The summed E-state index contributed by atoms with van der Waals surface area (Å²) < 4.78 is 29.2. The Morgan fingerprint density at radius 1 is 1.40 bits per heavy atom. The van der Waals surface area contributed by atoms with E-state index in [0.717, 1.165) is 16.8 Å². The van der Waals surface area contributed by atoms with Gasteiger partial charge in [-0.25, -0.2) is 13.6 Å². The third-order valence-electron chi connectivity index (χ3n) is 2.83. The van der Waals surface area contributed by atoms with Crippen molar-refractivity contribution in [1.29, 1.82) is 0 Å². The van der Waals surface area contributed by atoms with Gasteiger partial charge in [-0.3, -0.25) is 9.32 Å². The van der Waals surface area contributed by atoms with Crippen LogP contribution in [0.25, 0.3) is 0 Å². The minimum atomic E-state index is -4.82. The van der Waals surface area contributed by atoms with Crippen molar-refractivity contribution in [3.05, 3.63) is 44.9 Å². The summed E-state index contributed by atoms with van der Waals surface area (Å²) in [5.74, 6) is -1.40. The number of hydrogen-bond donors (Lipinski definition) is 3. The van der Waals surface area contributed by atoms with Gasteiger partial charge in [0.15, 0.2) is 11.9 Å². The molecule has 1 unspecified atom stereocenters. The quantitative estimate of drug-likeness (QED) is 0.618. The van der Waals surface area contributed by atoms with Gasteiger partial charge in [-0.1, -0.05) is 34.8 Å². The Morgan fingerprint density at radius 3 is 2.60 bits per heavy atom. The second-order valence-electron chi connectivity index (χ2n) is 4.67. The maximum absolute atomic E-state index is 13.0. The second-order valence-corrected chi connectivity index (χ2v) is 7.01. The largest absolute Gasteiger partial charge is 0.471 e. The Kier molecular flexibility index (Phi) is 6.11. The molecule has 0 bridgehead atoms. The fourth-order valence-electron chi connectivity index (χ4n) is 1.80. The van der Waals surface area contributed by atoms with E-state index >= 15 is 0 Å². The molecule has 0 radical (unpaired) electrons. The monoisotopic (exact) mass is 431 g/mol. The molecule has 0 saturated carbocycles. The maximum atomic E-state index is 13.0. The summed E-state index contributed by atoms with van der Waals surface area (Å²) in [5.41, 5.74) is -0.234. The summed E-state index contributed by atoms with van der Waals surface area (Å²) in [4.78, 5) is 29.9. The summed E-state index contributed by atoms with van der Waals surface area (Å²) >= 11 is 17.7. The van der Waals surface area contributed by atoms with Gasteiger partial charge in [-0.2, -0.15) is 5.10 Å². The van der Waals surface area contributed by atoms with Crippen molar-refractivity contribution >= 4 is 54.2 Å². The predicted molar refractivity (Wildman–Crippen MR) is 89.5 cm³/mol. The lowest BCUT2D eigenvalue weighted by molar-refractivity contribution is 0.0876. The van der Waals surface area contributed by atoms with Crippen molar-refractivity contribution in [1.82, 2.24) is 9.78 Å². The first-order chi connectivity index (χ1) is 11.5. The van der Waals surface area contributed by atoms with Gasteiger partial charge >= 0.3 is 7.82 Å². The van der Waals surface area contributed by atoms with E-state index in [0.29, 0.717) is 0 Å². The van der Waals surface area contributed by atoms with Crippen LogP contribution in [0.5, 0.6) is 0 Å². The van der Waals surface area contributed by atoms with Gasteiger partial charge in [-0.15, -0.1) is 0 Å². The average molecular weight is 433 g/mol. The van der Waals surface area contributed by atoms with Crippen molar-refractivity contribution in [2.24, 2.45) is 0 Å². The van der Waals surface area contributed by atoms with Gasteiger partial charge in [0.25, 0.3) is 5.91 Å². The summed E-state index contributed by atoms with van der Waals surface area (Å²) in [6, 6.07) is 3.33. The first kappa shape index (κ1) is 20.1. The normalized spacial score (nSPS) is 12.9. The Bertz CT molecular complexity index is 872. The predicted octanol–water partition coefficient (Wildman–Crippen LogP) is 3.86. The van der Waals surface area contributed by atoms with Crippen molar-refractivity contribution in [2.45, 2.75) is 13.2 Å². The lowest BCUT2D eigenvalue weighted by Gasteiger charge is -2.14. The van der Waals surface area contributed by atoms with Crippen LogP contribution in [0, 0.1) is 5.82 Å². The molecule has 3 N–H and O–H groups in total. The van der Waals surface area contributed by atoms with E-state index in [-0.39, 0.29) is 26.6 Å². The van der Waals surface area contributed by atoms with Crippen LogP contribution in [-0.2, 0) is 9.09 Å². The molecule has 0 aliphatic rings. The van der Waals surface area contributed by atoms with Gasteiger partial charge in [0, 0.05) is 0 Å². The minimum Gasteiger partial charge on any atom is -0.319 e. The third kappa shape index (κ3) is 4.92. The molecule has 8 nitrogen and oxygen atoms in total. The standard InChI is InChI=1S/C12H10Cl3FN3O5P/c1-5(24-25(21,22)23)19-11(15)9(14)10(18-19)12(20)17-8-3-2-6(16)4-7(8)13/h2-5H,1H3,(H,17,20)(H2,21,22,23). The second kappa shape index (κ2) is 7.59.